The minimum Gasteiger partial charge on any atom is -0.389 e. The van der Waals surface area contributed by atoms with E-state index in [4.69, 9.17) is 0 Å². The minimum absolute atomic E-state index is 0.113. The second-order valence-corrected chi connectivity index (χ2v) is 6.80. The van der Waals surface area contributed by atoms with Crippen LogP contribution in [0.1, 0.15) is 27.2 Å². The van der Waals surface area contributed by atoms with Crippen LogP contribution in [0.15, 0.2) is 18.2 Å². The summed E-state index contributed by atoms with van der Waals surface area (Å²) >= 11 is 0. The van der Waals surface area contributed by atoms with Gasteiger partial charge in [-0.1, -0.05) is 0 Å². The van der Waals surface area contributed by atoms with Gasteiger partial charge in [0.05, 0.1) is 17.8 Å². The Morgan fingerprint density at radius 2 is 2.17 bits per heavy atom. The molecule has 1 saturated heterocycles. The van der Waals surface area contributed by atoms with E-state index in [9.17, 15) is 18.7 Å². The number of amides is 2. The van der Waals surface area contributed by atoms with E-state index < -0.39 is 17.2 Å². The smallest absolute Gasteiger partial charge is 0.317 e. The number of urea groups is 1. The first-order valence-electron chi connectivity index (χ1n) is 8.17. The van der Waals surface area contributed by atoms with Crippen molar-refractivity contribution in [3.05, 3.63) is 29.8 Å². The van der Waals surface area contributed by atoms with Gasteiger partial charge < -0.3 is 20.2 Å². The van der Waals surface area contributed by atoms with Crippen LogP contribution in [-0.4, -0.2) is 53.9 Å². The van der Waals surface area contributed by atoms with E-state index in [-0.39, 0.29) is 18.6 Å². The van der Waals surface area contributed by atoms with Gasteiger partial charge in [-0.05, 0) is 39.3 Å². The number of halogens is 2. The van der Waals surface area contributed by atoms with Crippen molar-refractivity contribution in [2.24, 2.45) is 0 Å². The molecule has 2 rings (SSSR count). The normalized spacial score (nSPS) is 17.9. The first kappa shape index (κ1) is 18.4. The zero-order chi connectivity index (χ0) is 17.9. The Balaban J connectivity index is 1.94. The van der Waals surface area contributed by atoms with Crippen LogP contribution in [-0.2, 0) is 0 Å². The van der Waals surface area contributed by atoms with Gasteiger partial charge in [-0.3, -0.25) is 0 Å². The van der Waals surface area contributed by atoms with Crippen LogP contribution in [0.25, 0.3) is 0 Å². The lowest BCUT2D eigenvalue weighted by atomic mass is 10.1. The Morgan fingerprint density at radius 3 is 2.75 bits per heavy atom. The number of nitrogens with one attached hydrogen (secondary N) is 1. The summed E-state index contributed by atoms with van der Waals surface area (Å²) in [6.07, 6.45) is 0.683. The highest BCUT2D eigenvalue weighted by atomic mass is 19.1. The molecule has 1 fully saturated rings. The van der Waals surface area contributed by atoms with Gasteiger partial charge in [-0.25, -0.2) is 13.6 Å². The molecule has 1 heterocycles. The standard InChI is InChI=1S/C17H25F2N3O2/c1-4-21(11-17(2,3)24)16(23)20-13-7-8-22(10-13)15-6-5-12(18)9-14(15)19/h5-6,9,13,24H,4,7-8,10-11H2,1-3H3,(H,20,23). The van der Waals surface area contributed by atoms with E-state index in [0.29, 0.717) is 31.7 Å². The number of hydrogen-bond acceptors (Lipinski definition) is 3. The highest BCUT2D eigenvalue weighted by Crippen LogP contribution is 2.24. The molecular formula is C17H25F2N3O2. The molecule has 5 nitrogen and oxygen atoms in total. The van der Waals surface area contributed by atoms with E-state index in [2.05, 4.69) is 5.32 Å². The lowest BCUT2D eigenvalue weighted by Crippen LogP contribution is -2.50. The van der Waals surface area contributed by atoms with Gasteiger partial charge in [0.25, 0.3) is 0 Å². The molecule has 0 radical (unpaired) electrons. The second kappa shape index (κ2) is 7.34. The van der Waals surface area contributed by atoms with Crippen LogP contribution in [0.2, 0.25) is 0 Å². The average molecular weight is 341 g/mol. The molecule has 0 aromatic heterocycles. The van der Waals surface area contributed by atoms with Crippen LogP contribution >= 0.6 is 0 Å². The molecule has 134 valence electrons. The molecule has 1 unspecified atom stereocenters. The van der Waals surface area contributed by atoms with Crippen molar-refractivity contribution in [3.63, 3.8) is 0 Å². The summed E-state index contributed by atoms with van der Waals surface area (Å²) in [6.45, 7) is 6.92. The number of carbonyl (C=O) groups excluding carboxylic acids is 1. The lowest BCUT2D eigenvalue weighted by molar-refractivity contribution is 0.0476. The molecule has 7 heteroatoms. The molecule has 2 N–H and O–H groups in total. The SMILES string of the molecule is CCN(CC(C)(C)O)C(=O)NC1CCN(c2ccc(F)cc2F)C1. The summed E-state index contributed by atoms with van der Waals surface area (Å²) in [6, 6.07) is 3.15. The minimum atomic E-state index is -0.966. The van der Waals surface area contributed by atoms with Gasteiger partial charge >= 0.3 is 6.03 Å². The number of aliphatic hydroxyl groups is 1. The van der Waals surface area contributed by atoms with Gasteiger partial charge in [0.1, 0.15) is 11.6 Å². The highest BCUT2D eigenvalue weighted by Gasteiger charge is 2.28. The molecule has 0 bridgehead atoms. The maximum atomic E-state index is 13.9. The predicted molar refractivity (Wildman–Crippen MR) is 89.1 cm³/mol. The van der Waals surface area contributed by atoms with E-state index in [1.807, 2.05) is 6.92 Å². The lowest BCUT2D eigenvalue weighted by Gasteiger charge is -2.29. The first-order valence-corrected chi connectivity index (χ1v) is 8.17. The predicted octanol–water partition coefficient (Wildman–Crippen LogP) is 2.35. The number of carbonyl (C=O) groups is 1. The molecule has 1 aromatic rings. The molecule has 0 aliphatic carbocycles. The van der Waals surface area contributed by atoms with Crippen molar-refractivity contribution in [2.45, 2.75) is 38.8 Å². The maximum Gasteiger partial charge on any atom is 0.317 e. The van der Waals surface area contributed by atoms with Crippen molar-refractivity contribution >= 4 is 11.7 Å². The summed E-state index contributed by atoms with van der Waals surface area (Å²) in [5.74, 6) is -1.20. The Kier molecular flexibility index (Phi) is 5.64. The molecule has 1 aliphatic heterocycles. The van der Waals surface area contributed by atoms with E-state index in [1.54, 1.807) is 23.6 Å². The molecule has 2 amide bonds. The van der Waals surface area contributed by atoms with Gasteiger partial charge in [0.15, 0.2) is 0 Å². The van der Waals surface area contributed by atoms with E-state index >= 15 is 0 Å². The summed E-state index contributed by atoms with van der Waals surface area (Å²) in [5, 5.41) is 12.8. The van der Waals surface area contributed by atoms with Crippen LogP contribution < -0.4 is 10.2 Å². The van der Waals surface area contributed by atoms with Crippen molar-refractivity contribution in [1.82, 2.24) is 10.2 Å². The fourth-order valence-electron chi connectivity index (χ4n) is 2.89. The molecule has 0 saturated carbocycles. The molecule has 1 aromatic carbocycles. The summed E-state index contributed by atoms with van der Waals surface area (Å²) in [4.78, 5) is 15.7. The van der Waals surface area contributed by atoms with Crippen molar-refractivity contribution in [3.8, 4) is 0 Å². The monoisotopic (exact) mass is 341 g/mol. The van der Waals surface area contributed by atoms with Crippen molar-refractivity contribution in [1.29, 1.82) is 0 Å². The van der Waals surface area contributed by atoms with Gasteiger partial charge in [-0.15, -0.1) is 0 Å². The summed E-state index contributed by atoms with van der Waals surface area (Å²) in [5.41, 5.74) is -0.622. The molecule has 0 spiro atoms. The van der Waals surface area contributed by atoms with Crippen LogP contribution in [0.4, 0.5) is 19.3 Å². The number of nitrogens with zero attached hydrogens (tertiary/aromatic N) is 2. The third-order valence-corrected chi connectivity index (χ3v) is 4.01. The van der Waals surface area contributed by atoms with E-state index in [0.717, 1.165) is 6.07 Å². The topological polar surface area (TPSA) is 55.8 Å². The summed E-state index contributed by atoms with van der Waals surface area (Å²) < 4.78 is 26.9. The largest absolute Gasteiger partial charge is 0.389 e. The number of rotatable bonds is 5. The van der Waals surface area contributed by atoms with Crippen LogP contribution in [0.5, 0.6) is 0 Å². The average Bonchev–Trinajstić information content (AvgIpc) is 2.91. The molecular weight excluding hydrogens is 316 g/mol. The maximum absolute atomic E-state index is 13.9. The first-order chi connectivity index (χ1) is 11.2. The Hall–Kier alpha value is -1.89. The number of anilines is 1. The zero-order valence-electron chi connectivity index (χ0n) is 14.4. The molecule has 1 atom stereocenters. The van der Waals surface area contributed by atoms with Gasteiger partial charge in [0, 0.05) is 31.7 Å². The Labute approximate surface area is 141 Å². The zero-order valence-corrected chi connectivity index (χ0v) is 14.4. The third kappa shape index (κ3) is 4.80. The van der Waals surface area contributed by atoms with Gasteiger partial charge in [0.2, 0.25) is 0 Å². The second-order valence-electron chi connectivity index (χ2n) is 6.80. The van der Waals surface area contributed by atoms with Crippen LogP contribution in [0, 0.1) is 11.6 Å². The van der Waals surface area contributed by atoms with Gasteiger partial charge in [-0.2, -0.15) is 0 Å². The number of benzene rings is 1. The fourth-order valence-corrected chi connectivity index (χ4v) is 2.89. The fraction of sp³-hybridized carbons (Fsp3) is 0.588. The number of likely N-dealkylation sites (N-methyl/N-ethyl adjacent to an activating group) is 1. The highest BCUT2D eigenvalue weighted by molar-refractivity contribution is 5.74. The molecule has 24 heavy (non-hydrogen) atoms. The summed E-state index contributed by atoms with van der Waals surface area (Å²) in [7, 11) is 0. The van der Waals surface area contributed by atoms with Crippen molar-refractivity contribution in [2.75, 3.05) is 31.1 Å². The Bertz CT molecular complexity index is 590. The van der Waals surface area contributed by atoms with Crippen molar-refractivity contribution < 1.29 is 18.7 Å². The quantitative estimate of drug-likeness (QED) is 0.864. The molecule has 1 aliphatic rings. The third-order valence-electron chi connectivity index (χ3n) is 4.01. The van der Waals surface area contributed by atoms with Crippen LogP contribution in [0.3, 0.4) is 0 Å². The number of hydrogen-bond donors (Lipinski definition) is 2. The van der Waals surface area contributed by atoms with E-state index in [1.165, 1.54) is 12.1 Å². The Morgan fingerprint density at radius 1 is 1.46 bits per heavy atom.